The van der Waals surface area contributed by atoms with Crippen LogP contribution in [-0.2, 0) is 14.6 Å². The summed E-state index contributed by atoms with van der Waals surface area (Å²) < 4.78 is 25.3. The number of rotatable bonds is 7. The molecule has 0 saturated heterocycles. The molecule has 0 aliphatic carbocycles. The maximum atomic E-state index is 12.6. The van der Waals surface area contributed by atoms with Crippen molar-refractivity contribution in [3.63, 3.8) is 0 Å². The summed E-state index contributed by atoms with van der Waals surface area (Å²) >= 11 is 0. The fraction of sp³-hybridized carbons (Fsp3) is 0.263. The number of hydrogen-bond donors (Lipinski definition) is 1. The summed E-state index contributed by atoms with van der Waals surface area (Å²) in [7, 11) is -3.61. The Balaban J connectivity index is 1.90. The maximum Gasteiger partial charge on any atom is 0.252 e. The molecule has 29 heavy (non-hydrogen) atoms. The number of aromatic nitrogens is 4. The van der Waals surface area contributed by atoms with Crippen LogP contribution in [0.15, 0.2) is 53.6 Å². The van der Waals surface area contributed by atoms with Gasteiger partial charge >= 0.3 is 0 Å². The molecule has 0 bridgehead atoms. The predicted molar refractivity (Wildman–Crippen MR) is 108 cm³/mol. The number of carbonyl (C=O) groups is 1. The smallest absolute Gasteiger partial charge is 0.252 e. The lowest BCUT2D eigenvalue weighted by atomic mass is 10.1. The van der Waals surface area contributed by atoms with Crippen LogP contribution in [0.4, 0.5) is 0 Å². The number of amides is 1. The number of hydrogen-bond acceptors (Lipinski definition) is 6. The molecule has 2 heterocycles. The van der Waals surface area contributed by atoms with Gasteiger partial charge in [-0.3, -0.25) is 14.2 Å². The molecule has 0 aliphatic heterocycles. The molecule has 10 heteroatoms. The van der Waals surface area contributed by atoms with Crippen molar-refractivity contribution in [1.82, 2.24) is 19.6 Å². The number of primary amides is 1. The van der Waals surface area contributed by atoms with Crippen molar-refractivity contribution in [2.45, 2.75) is 25.1 Å². The second-order valence-corrected chi connectivity index (χ2v) is 8.98. The summed E-state index contributed by atoms with van der Waals surface area (Å²) in [6, 6.07) is 10.3. The van der Waals surface area contributed by atoms with Gasteiger partial charge in [-0.15, -0.1) is 0 Å². The Bertz CT molecular complexity index is 1200. The molecule has 2 N–H and O–H groups in total. The predicted octanol–water partition coefficient (Wildman–Crippen LogP) is 1.21. The molecule has 3 aromatic rings. The van der Waals surface area contributed by atoms with Gasteiger partial charge in [0.2, 0.25) is 5.91 Å². The average Bonchev–Trinajstić information content (AvgIpc) is 3.08. The van der Waals surface area contributed by atoms with Gasteiger partial charge in [0.05, 0.1) is 17.6 Å². The van der Waals surface area contributed by atoms with E-state index in [1.165, 1.54) is 17.1 Å². The van der Waals surface area contributed by atoms with E-state index in [4.69, 9.17) is 5.73 Å². The van der Waals surface area contributed by atoms with Gasteiger partial charge in [-0.1, -0.05) is 12.1 Å². The van der Waals surface area contributed by atoms with Gasteiger partial charge in [-0.2, -0.15) is 15.0 Å². The van der Waals surface area contributed by atoms with Crippen LogP contribution in [0.2, 0.25) is 0 Å². The molecule has 1 unspecified atom stereocenters. The molecular weight excluding hydrogens is 394 g/mol. The highest BCUT2D eigenvalue weighted by molar-refractivity contribution is 7.90. The molecule has 152 valence electrons. The minimum absolute atomic E-state index is 0.0571. The second-order valence-electron chi connectivity index (χ2n) is 6.77. The zero-order valence-electron chi connectivity index (χ0n) is 16.0. The first kappa shape index (κ1) is 20.5. The van der Waals surface area contributed by atoms with E-state index in [-0.39, 0.29) is 12.8 Å². The van der Waals surface area contributed by atoms with Crippen LogP contribution >= 0.6 is 0 Å². The van der Waals surface area contributed by atoms with Crippen LogP contribution in [0.3, 0.4) is 0 Å². The van der Waals surface area contributed by atoms with Crippen molar-refractivity contribution < 1.29 is 13.2 Å². The monoisotopic (exact) mass is 415 g/mol. The van der Waals surface area contributed by atoms with Crippen LogP contribution < -0.4 is 11.3 Å². The lowest BCUT2D eigenvalue weighted by Gasteiger charge is -2.18. The summed E-state index contributed by atoms with van der Waals surface area (Å²) in [5, 5.41) is 7.25. The third-order valence-electron chi connectivity index (χ3n) is 4.43. The van der Waals surface area contributed by atoms with E-state index in [2.05, 4.69) is 10.2 Å². The highest BCUT2D eigenvalue weighted by atomic mass is 32.2. The SMILES string of the molecule is Cc1cnn(-c2ccc(-c3ccn(C(CCC(N)=O)S(C)(=O)=O)c(=O)c3)cc2)n1. The largest absolute Gasteiger partial charge is 0.370 e. The molecule has 0 spiro atoms. The van der Waals surface area contributed by atoms with Gasteiger partial charge in [0.15, 0.2) is 9.84 Å². The van der Waals surface area contributed by atoms with Crippen molar-refractivity contribution in [1.29, 1.82) is 0 Å². The second kappa shape index (κ2) is 8.00. The molecule has 0 saturated carbocycles. The summed E-state index contributed by atoms with van der Waals surface area (Å²) in [5.74, 6) is -0.620. The van der Waals surface area contributed by atoms with Crippen LogP contribution in [-0.4, -0.2) is 40.1 Å². The van der Waals surface area contributed by atoms with Crippen molar-refractivity contribution in [3.05, 3.63) is 64.8 Å². The minimum atomic E-state index is -3.61. The van der Waals surface area contributed by atoms with E-state index >= 15 is 0 Å². The van der Waals surface area contributed by atoms with E-state index in [0.29, 0.717) is 5.56 Å². The fourth-order valence-electron chi connectivity index (χ4n) is 2.98. The van der Waals surface area contributed by atoms with E-state index in [1.54, 1.807) is 12.3 Å². The number of nitrogens with zero attached hydrogens (tertiary/aromatic N) is 4. The lowest BCUT2D eigenvalue weighted by molar-refractivity contribution is -0.118. The quantitative estimate of drug-likeness (QED) is 0.617. The number of aryl methyl sites for hydroxylation is 1. The Kier molecular flexibility index (Phi) is 5.64. The fourth-order valence-corrected chi connectivity index (χ4v) is 4.12. The van der Waals surface area contributed by atoms with Crippen LogP contribution in [0.1, 0.15) is 23.9 Å². The summed E-state index contributed by atoms with van der Waals surface area (Å²) in [4.78, 5) is 25.1. The summed E-state index contributed by atoms with van der Waals surface area (Å²) in [5.41, 5.74) is 7.66. The number of sulfone groups is 1. The minimum Gasteiger partial charge on any atom is -0.370 e. The van der Waals surface area contributed by atoms with E-state index < -0.39 is 26.7 Å². The molecule has 0 radical (unpaired) electrons. The number of benzene rings is 1. The van der Waals surface area contributed by atoms with Crippen LogP contribution in [0.5, 0.6) is 0 Å². The number of carbonyl (C=O) groups excluding carboxylic acids is 1. The molecular formula is C19H21N5O4S. The van der Waals surface area contributed by atoms with Crippen molar-refractivity contribution in [2.24, 2.45) is 5.73 Å². The molecule has 1 atom stereocenters. The highest BCUT2D eigenvalue weighted by Gasteiger charge is 2.24. The van der Waals surface area contributed by atoms with Gasteiger partial charge in [0.25, 0.3) is 5.56 Å². The van der Waals surface area contributed by atoms with E-state index in [0.717, 1.165) is 27.8 Å². The van der Waals surface area contributed by atoms with E-state index in [1.807, 2.05) is 31.2 Å². The maximum absolute atomic E-state index is 12.6. The van der Waals surface area contributed by atoms with Crippen molar-refractivity contribution in [3.8, 4) is 16.8 Å². The first-order valence-corrected chi connectivity index (χ1v) is 10.8. The Morgan fingerprint density at radius 1 is 1.17 bits per heavy atom. The summed E-state index contributed by atoms with van der Waals surface area (Å²) in [6.45, 7) is 1.85. The van der Waals surface area contributed by atoms with Crippen molar-refractivity contribution >= 4 is 15.7 Å². The average molecular weight is 415 g/mol. The zero-order valence-corrected chi connectivity index (χ0v) is 16.8. The molecule has 1 aromatic carbocycles. The first-order valence-electron chi connectivity index (χ1n) is 8.84. The zero-order chi connectivity index (χ0) is 21.2. The molecule has 0 aliphatic rings. The third kappa shape index (κ3) is 4.77. The number of pyridine rings is 1. The van der Waals surface area contributed by atoms with Crippen molar-refractivity contribution in [2.75, 3.05) is 6.26 Å². The van der Waals surface area contributed by atoms with Gasteiger partial charge in [0, 0.05) is 24.9 Å². The number of nitrogens with two attached hydrogens (primary N) is 1. The normalized spacial score (nSPS) is 12.6. The van der Waals surface area contributed by atoms with E-state index in [9.17, 15) is 18.0 Å². The topological polar surface area (TPSA) is 130 Å². The van der Waals surface area contributed by atoms with Crippen LogP contribution in [0.25, 0.3) is 16.8 Å². The van der Waals surface area contributed by atoms with Crippen LogP contribution in [0, 0.1) is 6.92 Å². The standard InChI is InChI=1S/C19H21N5O4S/c1-13-12-21-24(22-13)16-5-3-14(4-6-16)15-9-10-23(18(26)11-15)19(29(2,27)28)8-7-17(20)25/h3-6,9-12,19H,7-8H2,1-2H3,(H2,20,25). The lowest BCUT2D eigenvalue weighted by Crippen LogP contribution is -2.29. The first-order chi connectivity index (χ1) is 13.6. The summed E-state index contributed by atoms with van der Waals surface area (Å²) in [6.07, 6.45) is 3.93. The highest BCUT2D eigenvalue weighted by Crippen LogP contribution is 2.22. The Hall–Kier alpha value is -3.27. The Labute approximate surface area is 167 Å². The van der Waals surface area contributed by atoms with Gasteiger partial charge < -0.3 is 5.73 Å². The van der Waals surface area contributed by atoms with Gasteiger partial charge in [0.1, 0.15) is 5.37 Å². The molecule has 1 amide bonds. The Morgan fingerprint density at radius 3 is 2.38 bits per heavy atom. The van der Waals surface area contributed by atoms with Gasteiger partial charge in [-0.05, 0) is 42.7 Å². The molecule has 9 nitrogen and oxygen atoms in total. The third-order valence-corrected chi connectivity index (χ3v) is 5.88. The molecule has 3 rings (SSSR count). The molecule has 0 fully saturated rings. The Morgan fingerprint density at radius 2 is 1.86 bits per heavy atom. The van der Waals surface area contributed by atoms with Gasteiger partial charge in [-0.25, -0.2) is 8.42 Å². The molecule has 2 aromatic heterocycles.